The van der Waals surface area contributed by atoms with Crippen molar-refractivity contribution in [3.05, 3.63) is 56.2 Å². The van der Waals surface area contributed by atoms with Crippen molar-refractivity contribution in [2.24, 2.45) is 51.8 Å². The summed E-state index contributed by atoms with van der Waals surface area (Å²) in [4.78, 5) is 59.1. The molecule has 7 N–H and O–H groups in total. The number of hydrogen-bond donors (Lipinski definition) is 7. The van der Waals surface area contributed by atoms with Crippen LogP contribution in [0.4, 0.5) is 4.79 Å². The zero-order valence-corrected chi connectivity index (χ0v) is 37.1. The Balaban J connectivity index is 0.000000116. The molecule has 3 aromatic rings. The number of carboxylic acid groups (broad SMARTS) is 1. The molecule has 12 aliphatic carbocycles. The monoisotopic (exact) mass is 906 g/mol. The molecule has 356 valence electrons. The van der Waals surface area contributed by atoms with Crippen molar-refractivity contribution in [3.63, 3.8) is 0 Å². The zero-order valence-electron chi connectivity index (χ0n) is 37.1. The molecular weight excluding hydrogens is 841 g/mol. The summed E-state index contributed by atoms with van der Waals surface area (Å²) in [6, 6.07) is -0.190. The number of carbonyl (C=O) groups excluding carboxylic acids is 3. The maximum absolute atomic E-state index is 12.7. The molecule has 12 fully saturated rings. The lowest BCUT2D eigenvalue weighted by Crippen LogP contribution is -2.58. The summed E-state index contributed by atoms with van der Waals surface area (Å²) in [5.41, 5.74) is -3.17. The first-order valence-corrected chi connectivity index (χ1v) is 23.4. The maximum Gasteiger partial charge on any atom is 0.338 e. The van der Waals surface area contributed by atoms with Crippen LogP contribution in [0.15, 0.2) is 56.2 Å². The first-order valence-electron chi connectivity index (χ1n) is 23.4. The molecule has 18 nitrogen and oxygen atoms in total. The molecule has 12 bridgehead atoms. The number of carbonyl (C=O) groups is 4. The number of ether oxygens (including phenoxy) is 1. The standard InChI is InChI=1S/C14H18N2O2.C13H20O4.C11H16O3.C7H6N4O.C2H6O2/c17-12(16-2-1-15-9-16)13-4-10-3-11(5-13)7-14(18,6-10)8-13;14-1-2-17-11(15)12-4-9-3-10(5-12)7-13(16,6-9)8-12;12-9(13)10-2-7-1-8(3-10)5-11(14,4-7)6-10;12-7(10-3-1-8-5-10)11-4-2-9-6-11;3-1-2-4/h1-2,9-11,18H,3-8H2;9-10,14,16H,1-8H2;7-8,14H,1-6H2,(H,12,13);1-6H;3-4H,1-2H2. The molecule has 3 aromatic heterocycles. The van der Waals surface area contributed by atoms with Gasteiger partial charge in [0.2, 0.25) is 5.91 Å². The molecule has 6 atom stereocenters. The molecular formula is C47H66N6O12. The first kappa shape index (κ1) is 47.2. The number of rotatable bonds is 6. The summed E-state index contributed by atoms with van der Waals surface area (Å²) in [5.74, 6) is 2.28. The third-order valence-electron chi connectivity index (χ3n) is 16.0. The second-order valence-corrected chi connectivity index (χ2v) is 21.5. The number of aromatic nitrogens is 6. The fourth-order valence-electron chi connectivity index (χ4n) is 15.2. The number of nitrogens with zero attached hydrogens (tertiary/aromatic N) is 6. The van der Waals surface area contributed by atoms with Crippen LogP contribution in [0.5, 0.6) is 0 Å². The van der Waals surface area contributed by atoms with E-state index < -0.39 is 33.6 Å². The average molecular weight is 907 g/mol. The molecule has 65 heavy (non-hydrogen) atoms. The minimum absolute atomic E-state index is 0.0777. The van der Waals surface area contributed by atoms with E-state index in [1.807, 2.05) is 0 Å². The Morgan fingerprint density at radius 1 is 0.508 bits per heavy atom. The summed E-state index contributed by atoms with van der Waals surface area (Å²) in [6.07, 6.45) is 29.9. The molecule has 3 heterocycles. The van der Waals surface area contributed by atoms with Crippen LogP contribution in [-0.2, 0) is 14.3 Å². The largest absolute Gasteiger partial charge is 0.481 e. The highest BCUT2D eigenvalue weighted by molar-refractivity contribution is 5.85. The van der Waals surface area contributed by atoms with Crippen molar-refractivity contribution in [2.75, 3.05) is 26.4 Å². The van der Waals surface area contributed by atoms with E-state index >= 15 is 0 Å². The Morgan fingerprint density at radius 2 is 0.862 bits per heavy atom. The highest BCUT2D eigenvalue weighted by Crippen LogP contribution is 2.64. The van der Waals surface area contributed by atoms with Gasteiger partial charge < -0.3 is 40.5 Å². The predicted molar refractivity (Wildman–Crippen MR) is 230 cm³/mol. The van der Waals surface area contributed by atoms with Gasteiger partial charge in [-0.2, -0.15) is 0 Å². The van der Waals surface area contributed by atoms with Gasteiger partial charge in [-0.25, -0.2) is 19.7 Å². The van der Waals surface area contributed by atoms with E-state index in [1.165, 1.54) is 28.2 Å². The Labute approximate surface area is 378 Å². The van der Waals surface area contributed by atoms with Crippen molar-refractivity contribution >= 4 is 23.9 Å². The van der Waals surface area contributed by atoms with Gasteiger partial charge in [-0.05, 0) is 151 Å². The second kappa shape index (κ2) is 18.4. The number of hydrogen-bond acceptors (Lipinski definition) is 14. The third-order valence-corrected chi connectivity index (χ3v) is 16.0. The second-order valence-electron chi connectivity index (χ2n) is 21.5. The molecule has 0 spiro atoms. The molecule has 0 amide bonds. The number of aliphatic hydroxyl groups is 6. The summed E-state index contributed by atoms with van der Waals surface area (Å²) < 4.78 is 9.48. The van der Waals surface area contributed by atoms with Crippen LogP contribution in [0.25, 0.3) is 0 Å². The van der Waals surface area contributed by atoms with Crippen molar-refractivity contribution in [3.8, 4) is 0 Å². The highest BCUT2D eigenvalue weighted by Gasteiger charge is 2.63. The molecule has 12 saturated carbocycles. The minimum atomic E-state index is -0.676. The first-order chi connectivity index (χ1) is 30.9. The molecule has 0 radical (unpaired) electrons. The van der Waals surface area contributed by atoms with Crippen LogP contribution >= 0.6 is 0 Å². The predicted octanol–water partition coefficient (Wildman–Crippen LogP) is 3.68. The summed E-state index contributed by atoms with van der Waals surface area (Å²) in [6.45, 7) is -0.298. The van der Waals surface area contributed by atoms with Gasteiger partial charge in [0, 0.05) is 37.2 Å². The molecule has 12 aliphatic rings. The third kappa shape index (κ3) is 9.89. The summed E-state index contributed by atoms with van der Waals surface area (Å²) in [7, 11) is 0. The normalized spacial score (nSPS) is 39.0. The molecule has 0 aromatic carbocycles. The average Bonchev–Trinajstić information content (AvgIpc) is 4.06. The number of aliphatic carboxylic acids is 1. The van der Waals surface area contributed by atoms with Crippen molar-refractivity contribution in [1.29, 1.82) is 0 Å². The number of imidazole rings is 3. The Bertz CT molecular complexity index is 2040. The lowest BCUT2D eigenvalue weighted by atomic mass is 9.47. The van der Waals surface area contributed by atoms with Crippen molar-refractivity contribution < 1.29 is 59.7 Å². The van der Waals surface area contributed by atoms with Crippen LogP contribution in [0, 0.1) is 51.8 Å². The number of esters is 1. The SMILES string of the molecule is O=C(O)C12CC3CC(CC(O)(C3)C1)C2.O=C(OCCO)C12CC3CC(CC(O)(C3)C1)C2.O=C(n1ccnc1)C12CC3CC(CC(O)(C3)C1)C2.O=C(n1ccnc1)n1ccnc1.OCCO. The number of aliphatic hydroxyl groups excluding tert-OH is 3. The van der Waals surface area contributed by atoms with E-state index in [0.717, 1.165) is 89.9 Å². The van der Waals surface area contributed by atoms with Crippen LogP contribution in [0.2, 0.25) is 0 Å². The Hall–Kier alpha value is -4.33. The summed E-state index contributed by atoms with van der Waals surface area (Å²) in [5, 5.41) is 64.6. The topological polar surface area (TPSA) is 273 Å². The Morgan fingerprint density at radius 3 is 1.20 bits per heavy atom. The lowest BCUT2D eigenvalue weighted by Gasteiger charge is -2.59. The van der Waals surface area contributed by atoms with E-state index in [2.05, 4.69) is 15.0 Å². The van der Waals surface area contributed by atoms with Gasteiger partial charge in [0.25, 0.3) is 0 Å². The van der Waals surface area contributed by atoms with Crippen molar-refractivity contribution in [1.82, 2.24) is 28.7 Å². The molecule has 6 unspecified atom stereocenters. The van der Waals surface area contributed by atoms with Crippen LogP contribution in [0.1, 0.15) is 120 Å². The highest BCUT2D eigenvalue weighted by atomic mass is 16.5. The molecule has 15 rings (SSSR count). The smallest absolute Gasteiger partial charge is 0.338 e. The van der Waals surface area contributed by atoms with Crippen LogP contribution in [-0.4, -0.2) is 132 Å². The number of carboxylic acids is 1. The molecule has 18 heteroatoms. The van der Waals surface area contributed by atoms with E-state index in [9.17, 15) is 39.6 Å². The van der Waals surface area contributed by atoms with Crippen LogP contribution in [0.3, 0.4) is 0 Å². The van der Waals surface area contributed by atoms with E-state index in [1.54, 1.807) is 48.1 Å². The van der Waals surface area contributed by atoms with Gasteiger partial charge in [0.05, 0.1) is 52.9 Å². The maximum atomic E-state index is 12.7. The summed E-state index contributed by atoms with van der Waals surface area (Å²) >= 11 is 0. The van der Waals surface area contributed by atoms with E-state index in [4.69, 9.17) is 20.1 Å². The minimum Gasteiger partial charge on any atom is -0.481 e. The van der Waals surface area contributed by atoms with Gasteiger partial charge in [-0.1, -0.05) is 0 Å². The fourth-order valence-corrected chi connectivity index (χ4v) is 15.2. The van der Waals surface area contributed by atoms with Crippen LogP contribution < -0.4 is 0 Å². The fraction of sp³-hybridized carbons (Fsp3) is 0.723. The van der Waals surface area contributed by atoms with Crippen molar-refractivity contribution in [2.45, 2.75) is 132 Å². The zero-order chi connectivity index (χ0) is 46.3. The lowest BCUT2D eigenvalue weighted by molar-refractivity contribution is -0.196. The van der Waals surface area contributed by atoms with Gasteiger partial charge in [-0.15, -0.1) is 0 Å². The van der Waals surface area contributed by atoms with Gasteiger partial charge in [0.1, 0.15) is 25.6 Å². The van der Waals surface area contributed by atoms with Gasteiger partial charge in [-0.3, -0.25) is 28.1 Å². The van der Waals surface area contributed by atoms with Gasteiger partial charge in [0.15, 0.2) is 0 Å². The Kier molecular flexibility index (Phi) is 13.3. The van der Waals surface area contributed by atoms with E-state index in [-0.39, 0.29) is 49.8 Å². The quantitative estimate of drug-likeness (QED) is 0.174. The van der Waals surface area contributed by atoms with E-state index in [0.29, 0.717) is 54.8 Å². The molecule has 0 saturated heterocycles. The molecule has 0 aliphatic heterocycles. The van der Waals surface area contributed by atoms with Gasteiger partial charge >= 0.3 is 18.0 Å².